The number of benzene rings is 1. The van der Waals surface area contributed by atoms with Gasteiger partial charge in [0.05, 0.1) is 17.8 Å². The standard InChI is InChI=1S/C15H19N3OS/c1-3-20-14-7-4-6-13(12(14)10-16)18-9-5-8-17(2)15(19)11-18/h4,6-7H,3,5,8-9,11H2,1-2H3. The van der Waals surface area contributed by atoms with Gasteiger partial charge in [-0.05, 0) is 24.3 Å². The number of likely N-dealkylation sites (N-methyl/N-ethyl adjacent to an activating group) is 1. The van der Waals surface area contributed by atoms with Crippen molar-refractivity contribution in [2.75, 3.05) is 37.3 Å². The van der Waals surface area contributed by atoms with E-state index in [1.54, 1.807) is 16.7 Å². The van der Waals surface area contributed by atoms with E-state index in [0.29, 0.717) is 12.1 Å². The summed E-state index contributed by atoms with van der Waals surface area (Å²) in [5, 5.41) is 9.46. The van der Waals surface area contributed by atoms with Gasteiger partial charge in [0.15, 0.2) is 0 Å². The predicted molar refractivity (Wildman–Crippen MR) is 82.0 cm³/mol. The molecule has 1 aromatic carbocycles. The fourth-order valence-corrected chi connectivity index (χ4v) is 3.14. The van der Waals surface area contributed by atoms with Gasteiger partial charge in [-0.25, -0.2) is 0 Å². The Morgan fingerprint density at radius 2 is 2.20 bits per heavy atom. The van der Waals surface area contributed by atoms with Crippen molar-refractivity contribution in [1.29, 1.82) is 5.26 Å². The van der Waals surface area contributed by atoms with Crippen LogP contribution in [0.3, 0.4) is 0 Å². The van der Waals surface area contributed by atoms with Gasteiger partial charge < -0.3 is 9.80 Å². The number of nitrogens with zero attached hydrogens (tertiary/aromatic N) is 3. The van der Waals surface area contributed by atoms with Crippen molar-refractivity contribution in [3.05, 3.63) is 23.8 Å². The molecule has 0 N–H and O–H groups in total. The van der Waals surface area contributed by atoms with Gasteiger partial charge in [0.1, 0.15) is 6.07 Å². The van der Waals surface area contributed by atoms with Gasteiger partial charge >= 0.3 is 0 Å². The van der Waals surface area contributed by atoms with E-state index in [1.165, 1.54) is 0 Å². The molecule has 0 saturated carbocycles. The summed E-state index contributed by atoms with van der Waals surface area (Å²) in [7, 11) is 1.83. The minimum absolute atomic E-state index is 0.111. The maximum Gasteiger partial charge on any atom is 0.241 e. The number of carbonyl (C=O) groups excluding carboxylic acids is 1. The summed E-state index contributed by atoms with van der Waals surface area (Å²) in [5.41, 5.74) is 1.58. The highest BCUT2D eigenvalue weighted by molar-refractivity contribution is 7.99. The lowest BCUT2D eigenvalue weighted by atomic mass is 10.1. The first kappa shape index (κ1) is 14.7. The second-order valence-corrected chi connectivity index (χ2v) is 6.09. The normalized spacial score (nSPS) is 15.9. The molecule has 5 heteroatoms. The smallest absolute Gasteiger partial charge is 0.241 e. The van der Waals surface area contributed by atoms with E-state index in [1.807, 2.05) is 30.1 Å². The molecule has 1 heterocycles. The molecule has 1 saturated heterocycles. The Morgan fingerprint density at radius 3 is 2.90 bits per heavy atom. The number of thioether (sulfide) groups is 1. The Morgan fingerprint density at radius 1 is 1.40 bits per heavy atom. The number of hydrogen-bond donors (Lipinski definition) is 0. The van der Waals surface area contributed by atoms with Gasteiger partial charge in [0.25, 0.3) is 0 Å². The topological polar surface area (TPSA) is 47.3 Å². The summed E-state index contributed by atoms with van der Waals surface area (Å²) in [6.07, 6.45) is 0.929. The highest BCUT2D eigenvalue weighted by Crippen LogP contribution is 2.30. The van der Waals surface area contributed by atoms with Gasteiger partial charge in [-0.15, -0.1) is 11.8 Å². The average Bonchev–Trinajstić information content (AvgIpc) is 2.61. The summed E-state index contributed by atoms with van der Waals surface area (Å²) in [6, 6.07) is 8.19. The molecule has 1 aliphatic rings. The molecule has 0 bridgehead atoms. The van der Waals surface area contributed by atoms with Gasteiger partial charge in [-0.1, -0.05) is 13.0 Å². The first-order chi connectivity index (χ1) is 9.67. The number of anilines is 1. The molecule has 1 aliphatic heterocycles. The van der Waals surface area contributed by atoms with Crippen molar-refractivity contribution in [1.82, 2.24) is 4.90 Å². The van der Waals surface area contributed by atoms with Crippen LogP contribution in [0, 0.1) is 11.3 Å². The van der Waals surface area contributed by atoms with Crippen LogP contribution < -0.4 is 4.90 Å². The van der Waals surface area contributed by atoms with Crippen LogP contribution in [0.1, 0.15) is 18.9 Å². The van der Waals surface area contributed by atoms with Crippen LogP contribution >= 0.6 is 11.8 Å². The van der Waals surface area contributed by atoms with Crippen LogP contribution in [0.2, 0.25) is 0 Å². The summed E-state index contributed by atoms with van der Waals surface area (Å²) in [6.45, 7) is 4.01. The number of nitriles is 1. The maximum atomic E-state index is 12.0. The van der Waals surface area contributed by atoms with Gasteiger partial charge in [-0.2, -0.15) is 5.26 Å². The number of rotatable bonds is 3. The Balaban J connectivity index is 2.34. The SMILES string of the molecule is CCSc1cccc(N2CCCN(C)C(=O)C2)c1C#N. The Kier molecular flexibility index (Phi) is 4.91. The molecule has 1 aromatic rings. The monoisotopic (exact) mass is 289 g/mol. The molecule has 4 nitrogen and oxygen atoms in total. The van der Waals surface area contributed by atoms with Crippen molar-refractivity contribution in [3.63, 3.8) is 0 Å². The van der Waals surface area contributed by atoms with E-state index >= 15 is 0 Å². The molecule has 0 unspecified atom stereocenters. The van der Waals surface area contributed by atoms with E-state index in [-0.39, 0.29) is 5.91 Å². The molecule has 2 rings (SSSR count). The fourth-order valence-electron chi connectivity index (χ4n) is 2.36. The molecule has 0 atom stereocenters. The number of amides is 1. The molecule has 1 fully saturated rings. The molecule has 106 valence electrons. The molecule has 0 spiro atoms. The van der Waals surface area contributed by atoms with Gasteiger partial charge in [-0.3, -0.25) is 4.79 Å². The quantitative estimate of drug-likeness (QED) is 0.801. The predicted octanol–water partition coefficient (Wildman–Crippen LogP) is 2.34. The second kappa shape index (κ2) is 6.67. The Labute approximate surface area is 124 Å². The third-order valence-corrected chi connectivity index (χ3v) is 4.37. The Bertz CT molecular complexity index is 538. The Hall–Kier alpha value is -1.67. The minimum Gasteiger partial charge on any atom is -0.361 e. The lowest BCUT2D eigenvalue weighted by molar-refractivity contribution is -0.127. The van der Waals surface area contributed by atoms with Gasteiger partial charge in [0.2, 0.25) is 5.91 Å². The maximum absolute atomic E-state index is 12.0. The molecule has 1 amide bonds. The summed E-state index contributed by atoms with van der Waals surface area (Å²) in [4.78, 5) is 16.8. The van der Waals surface area contributed by atoms with E-state index in [9.17, 15) is 10.1 Å². The van der Waals surface area contributed by atoms with Crippen LogP contribution in [0.5, 0.6) is 0 Å². The summed E-state index contributed by atoms with van der Waals surface area (Å²) in [5.74, 6) is 1.04. The lowest BCUT2D eigenvalue weighted by Gasteiger charge is -2.23. The van der Waals surface area contributed by atoms with Crippen LogP contribution in [0.4, 0.5) is 5.69 Å². The first-order valence-electron chi connectivity index (χ1n) is 6.82. The fraction of sp³-hybridized carbons (Fsp3) is 0.467. The van der Waals surface area contributed by atoms with Crippen molar-refractivity contribution in [2.45, 2.75) is 18.2 Å². The van der Waals surface area contributed by atoms with Crippen LogP contribution in [-0.2, 0) is 4.79 Å². The zero-order chi connectivity index (χ0) is 14.5. The van der Waals surface area contributed by atoms with Gasteiger partial charge in [0, 0.05) is 25.0 Å². The molecule has 0 radical (unpaired) electrons. The highest BCUT2D eigenvalue weighted by Gasteiger charge is 2.22. The first-order valence-corrected chi connectivity index (χ1v) is 7.80. The summed E-state index contributed by atoms with van der Waals surface area (Å²) >= 11 is 1.67. The third kappa shape index (κ3) is 3.07. The van der Waals surface area contributed by atoms with Crippen molar-refractivity contribution >= 4 is 23.4 Å². The zero-order valence-electron chi connectivity index (χ0n) is 11.9. The second-order valence-electron chi connectivity index (χ2n) is 4.79. The van der Waals surface area contributed by atoms with E-state index in [0.717, 1.165) is 35.8 Å². The van der Waals surface area contributed by atoms with E-state index in [2.05, 4.69) is 13.0 Å². The van der Waals surface area contributed by atoms with Crippen molar-refractivity contribution in [3.8, 4) is 6.07 Å². The molecule has 0 aliphatic carbocycles. The van der Waals surface area contributed by atoms with Crippen LogP contribution in [-0.4, -0.2) is 43.2 Å². The molecule has 20 heavy (non-hydrogen) atoms. The summed E-state index contributed by atoms with van der Waals surface area (Å²) < 4.78 is 0. The number of carbonyl (C=O) groups is 1. The zero-order valence-corrected chi connectivity index (χ0v) is 12.7. The lowest BCUT2D eigenvalue weighted by Crippen LogP contribution is -2.34. The number of hydrogen-bond acceptors (Lipinski definition) is 4. The molecular formula is C15H19N3OS. The molecular weight excluding hydrogens is 270 g/mol. The minimum atomic E-state index is 0.111. The highest BCUT2D eigenvalue weighted by atomic mass is 32.2. The van der Waals surface area contributed by atoms with E-state index in [4.69, 9.17) is 0 Å². The van der Waals surface area contributed by atoms with Crippen LogP contribution in [0.25, 0.3) is 0 Å². The third-order valence-electron chi connectivity index (χ3n) is 3.43. The van der Waals surface area contributed by atoms with Crippen molar-refractivity contribution in [2.24, 2.45) is 0 Å². The van der Waals surface area contributed by atoms with E-state index < -0.39 is 0 Å². The molecule has 0 aromatic heterocycles. The largest absolute Gasteiger partial charge is 0.361 e. The van der Waals surface area contributed by atoms with Crippen molar-refractivity contribution < 1.29 is 4.79 Å². The van der Waals surface area contributed by atoms with Crippen LogP contribution in [0.15, 0.2) is 23.1 Å². The average molecular weight is 289 g/mol.